The molecular weight excluding hydrogens is 414 g/mol. The van der Waals surface area contributed by atoms with Crippen LogP contribution in [0.15, 0.2) is 77.9 Å². The van der Waals surface area contributed by atoms with Crippen molar-refractivity contribution < 1.29 is 14.6 Å². The Morgan fingerprint density at radius 2 is 1.74 bits per heavy atom. The highest BCUT2D eigenvalue weighted by Crippen LogP contribution is 2.17. The highest BCUT2D eigenvalue weighted by molar-refractivity contribution is 6.30. The maximum absolute atomic E-state index is 12.3. The first kappa shape index (κ1) is 22.3. The maximum atomic E-state index is 12.3. The van der Waals surface area contributed by atoms with Crippen molar-refractivity contribution in [2.75, 3.05) is 25.1 Å². The molecular formula is C24H24ClN3O3. The van der Waals surface area contributed by atoms with Gasteiger partial charge in [-0.1, -0.05) is 35.9 Å². The molecule has 31 heavy (non-hydrogen) atoms. The summed E-state index contributed by atoms with van der Waals surface area (Å²) in [5, 5.41) is 13.7. The van der Waals surface area contributed by atoms with Crippen LogP contribution in [0, 0.1) is 0 Å². The van der Waals surface area contributed by atoms with Crippen LogP contribution in [0.4, 0.5) is 5.69 Å². The van der Waals surface area contributed by atoms with Gasteiger partial charge in [0, 0.05) is 29.9 Å². The predicted molar refractivity (Wildman–Crippen MR) is 124 cm³/mol. The van der Waals surface area contributed by atoms with E-state index in [1.54, 1.807) is 30.5 Å². The molecule has 6 nitrogen and oxygen atoms in total. The highest BCUT2D eigenvalue weighted by atomic mass is 35.5. The zero-order valence-corrected chi connectivity index (χ0v) is 17.9. The van der Waals surface area contributed by atoms with Crippen LogP contribution < -0.4 is 15.1 Å². The Hall–Kier alpha value is -3.35. The van der Waals surface area contributed by atoms with Crippen molar-refractivity contribution in [3.8, 4) is 5.75 Å². The van der Waals surface area contributed by atoms with Crippen molar-refractivity contribution in [3.05, 3.63) is 94.5 Å². The Morgan fingerprint density at radius 1 is 1.06 bits per heavy atom. The van der Waals surface area contributed by atoms with Crippen LogP contribution in [0.25, 0.3) is 0 Å². The van der Waals surface area contributed by atoms with Gasteiger partial charge in [-0.3, -0.25) is 4.79 Å². The minimum atomic E-state index is -0.291. The van der Waals surface area contributed by atoms with Crippen molar-refractivity contribution in [1.29, 1.82) is 0 Å². The lowest BCUT2D eigenvalue weighted by molar-refractivity contribution is 0.0955. The fraction of sp³-hybridized carbons (Fsp3) is 0.167. The minimum Gasteiger partial charge on any atom is -0.489 e. The van der Waals surface area contributed by atoms with Crippen molar-refractivity contribution in [3.63, 3.8) is 0 Å². The van der Waals surface area contributed by atoms with E-state index in [4.69, 9.17) is 21.4 Å². The number of carbonyl (C=O) groups is 1. The molecule has 0 saturated heterocycles. The van der Waals surface area contributed by atoms with Crippen LogP contribution in [0.3, 0.4) is 0 Å². The average molecular weight is 438 g/mol. The van der Waals surface area contributed by atoms with Crippen LogP contribution in [-0.4, -0.2) is 37.4 Å². The number of hydrogen-bond donors (Lipinski definition) is 2. The van der Waals surface area contributed by atoms with E-state index >= 15 is 0 Å². The van der Waals surface area contributed by atoms with Gasteiger partial charge in [0.05, 0.1) is 12.8 Å². The number of nitrogens with one attached hydrogen (secondary N) is 1. The van der Waals surface area contributed by atoms with Crippen LogP contribution in [0.2, 0.25) is 5.02 Å². The number of hydrazone groups is 1. The van der Waals surface area contributed by atoms with E-state index in [1.807, 2.05) is 60.5 Å². The van der Waals surface area contributed by atoms with Gasteiger partial charge in [0.25, 0.3) is 5.91 Å². The molecule has 1 amide bonds. The number of aliphatic hydroxyl groups excluding tert-OH is 1. The zero-order chi connectivity index (χ0) is 22.1. The number of rotatable bonds is 9. The van der Waals surface area contributed by atoms with Crippen molar-refractivity contribution in [2.24, 2.45) is 5.10 Å². The second kappa shape index (κ2) is 11.2. The second-order valence-electron chi connectivity index (χ2n) is 6.88. The lowest BCUT2D eigenvalue weighted by atomic mass is 10.1. The summed E-state index contributed by atoms with van der Waals surface area (Å²) in [5.74, 6) is 0.439. The first-order chi connectivity index (χ1) is 15.0. The van der Waals surface area contributed by atoms with E-state index in [9.17, 15) is 4.79 Å². The van der Waals surface area contributed by atoms with Crippen LogP contribution in [0.1, 0.15) is 21.5 Å². The monoisotopic (exact) mass is 437 g/mol. The normalized spacial score (nSPS) is 10.8. The molecule has 0 aliphatic heterocycles. The van der Waals surface area contributed by atoms with E-state index in [2.05, 4.69) is 10.5 Å². The molecule has 7 heteroatoms. The third-order valence-electron chi connectivity index (χ3n) is 4.58. The van der Waals surface area contributed by atoms with E-state index in [0.29, 0.717) is 23.7 Å². The number of halogens is 1. The third-order valence-corrected chi connectivity index (χ3v) is 4.84. The molecule has 0 bridgehead atoms. The molecule has 0 saturated carbocycles. The van der Waals surface area contributed by atoms with Crippen molar-refractivity contribution >= 4 is 29.4 Å². The number of benzene rings is 3. The molecule has 0 radical (unpaired) electrons. The molecule has 0 aliphatic rings. The van der Waals surface area contributed by atoms with E-state index in [-0.39, 0.29) is 12.5 Å². The topological polar surface area (TPSA) is 74.2 Å². The quantitative estimate of drug-likeness (QED) is 0.390. The lowest BCUT2D eigenvalue weighted by Gasteiger charge is -2.17. The van der Waals surface area contributed by atoms with Gasteiger partial charge in [0.15, 0.2) is 0 Å². The molecule has 0 heterocycles. The molecule has 0 spiro atoms. The zero-order valence-electron chi connectivity index (χ0n) is 17.2. The number of carbonyl (C=O) groups excluding carboxylic acids is 1. The number of anilines is 1. The fourth-order valence-electron chi connectivity index (χ4n) is 2.77. The number of ether oxygens (including phenoxy) is 1. The summed E-state index contributed by atoms with van der Waals surface area (Å²) in [7, 11) is 1.91. The number of nitrogens with zero attached hydrogens (tertiary/aromatic N) is 2. The molecule has 3 aromatic rings. The minimum absolute atomic E-state index is 0.0993. The smallest absolute Gasteiger partial charge is 0.271 e. The predicted octanol–water partition coefficient (Wildman–Crippen LogP) is 4.11. The Labute approximate surface area is 186 Å². The van der Waals surface area contributed by atoms with Gasteiger partial charge >= 0.3 is 0 Å². The molecule has 3 rings (SSSR count). The maximum Gasteiger partial charge on any atom is 0.271 e. The molecule has 160 valence electrons. The molecule has 3 aromatic carbocycles. The molecule has 0 aromatic heterocycles. The van der Waals surface area contributed by atoms with Crippen LogP contribution in [-0.2, 0) is 6.61 Å². The van der Waals surface area contributed by atoms with Crippen LogP contribution in [0.5, 0.6) is 5.75 Å². The van der Waals surface area contributed by atoms with E-state index < -0.39 is 0 Å². The van der Waals surface area contributed by atoms with Gasteiger partial charge in [0.1, 0.15) is 12.4 Å². The van der Waals surface area contributed by atoms with Crippen molar-refractivity contribution in [2.45, 2.75) is 6.61 Å². The van der Waals surface area contributed by atoms with Gasteiger partial charge in [-0.15, -0.1) is 0 Å². The molecule has 0 fully saturated rings. The van der Waals surface area contributed by atoms with Gasteiger partial charge in [0.2, 0.25) is 0 Å². The van der Waals surface area contributed by atoms with Crippen LogP contribution >= 0.6 is 11.6 Å². The molecule has 0 aliphatic carbocycles. The number of aliphatic hydroxyl groups is 1. The lowest BCUT2D eigenvalue weighted by Crippen LogP contribution is -2.20. The largest absolute Gasteiger partial charge is 0.489 e. The third kappa shape index (κ3) is 6.84. The molecule has 0 unspecified atom stereocenters. The fourth-order valence-corrected chi connectivity index (χ4v) is 2.90. The van der Waals surface area contributed by atoms with E-state index in [1.165, 1.54) is 0 Å². The summed E-state index contributed by atoms with van der Waals surface area (Å²) >= 11 is 5.86. The van der Waals surface area contributed by atoms with Gasteiger partial charge < -0.3 is 14.7 Å². The Balaban J connectivity index is 1.49. The first-order valence-corrected chi connectivity index (χ1v) is 10.2. The average Bonchev–Trinajstić information content (AvgIpc) is 2.79. The molecule has 2 N–H and O–H groups in total. The Kier molecular flexibility index (Phi) is 8.04. The van der Waals surface area contributed by atoms with Gasteiger partial charge in [-0.05, 0) is 59.7 Å². The van der Waals surface area contributed by atoms with Gasteiger partial charge in [-0.2, -0.15) is 5.10 Å². The highest BCUT2D eigenvalue weighted by Gasteiger charge is 2.05. The second-order valence-corrected chi connectivity index (χ2v) is 7.31. The summed E-state index contributed by atoms with van der Waals surface area (Å²) in [6.45, 7) is 1.06. The summed E-state index contributed by atoms with van der Waals surface area (Å²) in [6, 6.07) is 22.0. The SMILES string of the molecule is CN(CCO)c1ccc(/C=N/NC(=O)c2ccc(COc3ccc(Cl)cc3)cc2)cc1. The van der Waals surface area contributed by atoms with Gasteiger partial charge in [-0.25, -0.2) is 5.43 Å². The van der Waals surface area contributed by atoms with E-state index in [0.717, 1.165) is 22.6 Å². The summed E-state index contributed by atoms with van der Waals surface area (Å²) < 4.78 is 5.70. The number of amides is 1. The summed E-state index contributed by atoms with van der Waals surface area (Å²) in [6.07, 6.45) is 1.59. The first-order valence-electron chi connectivity index (χ1n) is 9.78. The Morgan fingerprint density at radius 3 is 2.39 bits per heavy atom. The van der Waals surface area contributed by atoms with Crippen molar-refractivity contribution in [1.82, 2.24) is 5.43 Å². The number of hydrogen-bond acceptors (Lipinski definition) is 5. The molecule has 0 atom stereocenters. The summed E-state index contributed by atoms with van der Waals surface area (Å²) in [4.78, 5) is 14.2. The summed E-state index contributed by atoms with van der Waals surface area (Å²) in [5.41, 5.74) is 5.84. The standard InChI is InChI=1S/C24H24ClN3O3/c1-28(14-15-29)22-10-4-18(5-11-22)16-26-27-24(30)20-6-2-19(3-7-20)17-31-23-12-8-21(25)9-13-23/h2-13,16,29H,14-15,17H2,1H3,(H,27,30)/b26-16+. The Bertz CT molecular complexity index is 1000. The number of likely N-dealkylation sites (N-methyl/N-ethyl adjacent to an activating group) is 1.